The molecule has 16 heavy (non-hydrogen) atoms. The minimum atomic E-state index is 0.486. The van der Waals surface area contributed by atoms with Gasteiger partial charge in [0.05, 0.1) is 6.04 Å². The molecule has 3 rings (SSSR count). The van der Waals surface area contributed by atoms with E-state index in [0.717, 1.165) is 31.9 Å². The summed E-state index contributed by atoms with van der Waals surface area (Å²) in [6, 6.07) is 0.486. The highest BCUT2D eigenvalue weighted by Crippen LogP contribution is 2.29. The van der Waals surface area contributed by atoms with E-state index < -0.39 is 0 Å². The zero-order valence-corrected chi connectivity index (χ0v) is 9.82. The number of nitrogens with zero attached hydrogens (tertiary/aromatic N) is 4. The molecule has 0 unspecified atom stereocenters. The van der Waals surface area contributed by atoms with E-state index in [1.54, 1.807) is 0 Å². The van der Waals surface area contributed by atoms with Gasteiger partial charge < -0.3 is 9.88 Å². The van der Waals surface area contributed by atoms with E-state index in [4.69, 9.17) is 0 Å². The Morgan fingerprint density at radius 1 is 1.25 bits per heavy atom. The highest BCUT2D eigenvalue weighted by molar-refractivity contribution is 5.05. The Balaban J connectivity index is 1.92. The zero-order chi connectivity index (χ0) is 11.0. The molecule has 0 amide bonds. The van der Waals surface area contributed by atoms with Crippen LogP contribution in [0.5, 0.6) is 0 Å². The van der Waals surface area contributed by atoms with Crippen LogP contribution in [0.2, 0.25) is 0 Å². The molecule has 1 saturated heterocycles. The Labute approximate surface area is 95.8 Å². The molecule has 0 saturated carbocycles. The molecule has 88 valence electrons. The molecule has 1 atom stereocenters. The van der Waals surface area contributed by atoms with Crippen molar-refractivity contribution in [1.29, 1.82) is 0 Å². The Morgan fingerprint density at radius 2 is 2.19 bits per heavy atom. The highest BCUT2D eigenvalue weighted by atomic mass is 15.3. The number of aromatic nitrogens is 3. The molecule has 0 aliphatic carbocycles. The monoisotopic (exact) mass is 221 g/mol. The van der Waals surface area contributed by atoms with E-state index in [2.05, 4.69) is 32.0 Å². The fourth-order valence-electron chi connectivity index (χ4n) is 2.78. The zero-order valence-electron chi connectivity index (χ0n) is 9.82. The summed E-state index contributed by atoms with van der Waals surface area (Å²) in [5, 5.41) is 12.2. The van der Waals surface area contributed by atoms with Crippen LogP contribution in [0.15, 0.2) is 0 Å². The van der Waals surface area contributed by atoms with Gasteiger partial charge in [0.25, 0.3) is 0 Å². The molecule has 1 N–H and O–H groups in total. The third-order valence-electron chi connectivity index (χ3n) is 3.71. The van der Waals surface area contributed by atoms with Gasteiger partial charge in [-0.2, -0.15) is 0 Å². The van der Waals surface area contributed by atoms with E-state index in [1.165, 1.54) is 25.2 Å². The van der Waals surface area contributed by atoms with Gasteiger partial charge in [0.15, 0.2) is 0 Å². The number of nitrogens with one attached hydrogen (secondary N) is 1. The van der Waals surface area contributed by atoms with Crippen LogP contribution in [0.4, 0.5) is 0 Å². The summed E-state index contributed by atoms with van der Waals surface area (Å²) in [5.41, 5.74) is 0. The van der Waals surface area contributed by atoms with Crippen molar-refractivity contribution in [1.82, 2.24) is 25.0 Å². The lowest BCUT2D eigenvalue weighted by atomic mass is 10.2. The highest BCUT2D eigenvalue weighted by Gasteiger charge is 2.28. The fourth-order valence-corrected chi connectivity index (χ4v) is 2.78. The van der Waals surface area contributed by atoms with Crippen molar-refractivity contribution in [3.05, 3.63) is 11.6 Å². The van der Waals surface area contributed by atoms with Crippen LogP contribution in [-0.2, 0) is 13.0 Å². The van der Waals surface area contributed by atoms with Crippen molar-refractivity contribution in [3.8, 4) is 0 Å². The number of hydrogen-bond donors (Lipinski definition) is 1. The Morgan fingerprint density at radius 3 is 3.00 bits per heavy atom. The summed E-state index contributed by atoms with van der Waals surface area (Å²) in [4.78, 5) is 2.40. The summed E-state index contributed by atoms with van der Waals surface area (Å²) >= 11 is 0. The third kappa shape index (κ3) is 1.64. The fraction of sp³-hybridized carbons (Fsp3) is 0.818. The lowest BCUT2D eigenvalue weighted by Gasteiger charge is -2.19. The van der Waals surface area contributed by atoms with Gasteiger partial charge in [-0.1, -0.05) is 0 Å². The van der Waals surface area contributed by atoms with Crippen LogP contribution < -0.4 is 5.32 Å². The molecule has 1 aromatic rings. The summed E-state index contributed by atoms with van der Waals surface area (Å²) in [7, 11) is 2.19. The van der Waals surface area contributed by atoms with Gasteiger partial charge >= 0.3 is 0 Å². The third-order valence-corrected chi connectivity index (χ3v) is 3.71. The lowest BCUT2D eigenvalue weighted by molar-refractivity contribution is 0.297. The first-order valence-corrected chi connectivity index (χ1v) is 6.19. The predicted octanol–water partition coefficient (Wildman–Crippen LogP) is 0.190. The van der Waals surface area contributed by atoms with Gasteiger partial charge in [0.1, 0.15) is 11.6 Å². The van der Waals surface area contributed by atoms with Crippen molar-refractivity contribution in [2.24, 2.45) is 0 Å². The first-order chi connectivity index (χ1) is 7.86. The average molecular weight is 221 g/mol. The van der Waals surface area contributed by atoms with Crippen molar-refractivity contribution in [2.75, 3.05) is 26.7 Å². The van der Waals surface area contributed by atoms with Crippen LogP contribution in [0.25, 0.3) is 0 Å². The van der Waals surface area contributed by atoms with Crippen molar-refractivity contribution >= 4 is 0 Å². The maximum atomic E-state index is 4.42. The van der Waals surface area contributed by atoms with E-state index >= 15 is 0 Å². The first kappa shape index (κ1) is 10.2. The number of hydrogen-bond acceptors (Lipinski definition) is 4. The van der Waals surface area contributed by atoms with Gasteiger partial charge in [0.2, 0.25) is 0 Å². The summed E-state index contributed by atoms with van der Waals surface area (Å²) in [6.45, 7) is 4.26. The van der Waals surface area contributed by atoms with Crippen molar-refractivity contribution in [3.63, 3.8) is 0 Å². The molecule has 0 bridgehead atoms. The summed E-state index contributed by atoms with van der Waals surface area (Å²) in [6.07, 6.45) is 3.51. The van der Waals surface area contributed by atoms with Gasteiger partial charge in [-0.25, -0.2) is 0 Å². The molecule has 1 fully saturated rings. The van der Waals surface area contributed by atoms with Crippen LogP contribution in [-0.4, -0.2) is 46.3 Å². The van der Waals surface area contributed by atoms with Crippen molar-refractivity contribution in [2.45, 2.75) is 31.8 Å². The molecule has 2 aliphatic heterocycles. The Hall–Kier alpha value is -0.940. The van der Waals surface area contributed by atoms with E-state index in [1.807, 2.05) is 0 Å². The molecule has 2 aliphatic rings. The number of likely N-dealkylation sites (tertiary alicyclic amines) is 1. The first-order valence-electron chi connectivity index (χ1n) is 6.19. The molecular weight excluding hydrogens is 202 g/mol. The van der Waals surface area contributed by atoms with Crippen LogP contribution in [0.3, 0.4) is 0 Å². The SMILES string of the molecule is CN1CCC[C@H]1c1nnc2n1CCNCC2. The molecule has 1 aromatic heterocycles. The number of rotatable bonds is 1. The second-order valence-electron chi connectivity index (χ2n) is 4.76. The van der Waals surface area contributed by atoms with Gasteiger partial charge in [0, 0.05) is 26.1 Å². The second kappa shape index (κ2) is 4.14. The molecular formula is C11H19N5. The minimum Gasteiger partial charge on any atom is -0.315 e. The minimum absolute atomic E-state index is 0.486. The number of fused-ring (bicyclic) bond motifs is 1. The van der Waals surface area contributed by atoms with Gasteiger partial charge in [-0.05, 0) is 26.4 Å². The standard InChI is InChI=1S/C11H19N5/c1-15-7-2-3-9(15)11-14-13-10-4-5-12-6-8-16(10)11/h9,12H,2-8H2,1H3/t9-/m0/s1. The van der Waals surface area contributed by atoms with Crippen LogP contribution >= 0.6 is 0 Å². The van der Waals surface area contributed by atoms with Gasteiger partial charge in [-0.15, -0.1) is 10.2 Å². The normalized spacial score (nSPS) is 26.7. The van der Waals surface area contributed by atoms with E-state index in [-0.39, 0.29) is 0 Å². The predicted molar refractivity (Wildman–Crippen MR) is 61.2 cm³/mol. The molecule has 0 aromatic carbocycles. The molecule has 5 nitrogen and oxygen atoms in total. The lowest BCUT2D eigenvalue weighted by Crippen LogP contribution is -2.23. The van der Waals surface area contributed by atoms with E-state index in [0.29, 0.717) is 6.04 Å². The quantitative estimate of drug-likeness (QED) is 0.735. The summed E-state index contributed by atoms with van der Waals surface area (Å²) in [5.74, 6) is 2.33. The van der Waals surface area contributed by atoms with Crippen LogP contribution in [0, 0.1) is 0 Å². The molecule has 3 heterocycles. The molecule has 0 radical (unpaired) electrons. The molecule has 0 spiro atoms. The smallest absolute Gasteiger partial charge is 0.150 e. The average Bonchev–Trinajstić information content (AvgIpc) is 2.78. The van der Waals surface area contributed by atoms with Crippen molar-refractivity contribution < 1.29 is 0 Å². The maximum absolute atomic E-state index is 4.42. The van der Waals surface area contributed by atoms with Crippen LogP contribution in [0.1, 0.15) is 30.5 Å². The Bertz CT molecular complexity index is 372. The van der Waals surface area contributed by atoms with Gasteiger partial charge in [-0.3, -0.25) is 4.90 Å². The van der Waals surface area contributed by atoms with E-state index in [9.17, 15) is 0 Å². The molecule has 5 heteroatoms. The second-order valence-corrected chi connectivity index (χ2v) is 4.76. The maximum Gasteiger partial charge on any atom is 0.150 e. The Kier molecular flexibility index (Phi) is 2.65. The largest absolute Gasteiger partial charge is 0.315 e. The topological polar surface area (TPSA) is 46.0 Å². The summed E-state index contributed by atoms with van der Waals surface area (Å²) < 4.78 is 2.33.